The Hall–Kier alpha value is -1.45. The second-order valence-corrected chi connectivity index (χ2v) is 12.6. The molecule has 2 aliphatic rings. The zero-order chi connectivity index (χ0) is 22.6. The predicted octanol–water partition coefficient (Wildman–Crippen LogP) is 3.97. The second-order valence-electron chi connectivity index (χ2n) is 8.71. The number of hydrogen-bond donors (Lipinski definition) is 1. The molecule has 3 heterocycles. The van der Waals surface area contributed by atoms with Crippen molar-refractivity contribution in [3.63, 3.8) is 0 Å². The van der Waals surface area contributed by atoms with Gasteiger partial charge in [-0.25, -0.2) is 8.42 Å². The zero-order valence-corrected chi connectivity index (χ0v) is 20.5. The minimum Gasteiger partial charge on any atom is -0.353 e. The number of carbonyl (C=O) groups is 1. The van der Waals surface area contributed by atoms with Gasteiger partial charge in [0.15, 0.2) is 0 Å². The Balaban J connectivity index is 1.17. The molecule has 2 saturated heterocycles. The normalized spacial score (nSPS) is 19.8. The van der Waals surface area contributed by atoms with E-state index in [0.29, 0.717) is 36.7 Å². The van der Waals surface area contributed by atoms with Gasteiger partial charge < -0.3 is 5.32 Å². The van der Waals surface area contributed by atoms with Crippen LogP contribution in [-0.2, 0) is 21.4 Å². The van der Waals surface area contributed by atoms with Gasteiger partial charge in [-0.15, -0.1) is 11.3 Å². The molecule has 1 amide bonds. The van der Waals surface area contributed by atoms with Crippen LogP contribution in [-0.4, -0.2) is 55.8 Å². The molecule has 0 atom stereocenters. The van der Waals surface area contributed by atoms with E-state index in [1.165, 1.54) is 9.87 Å². The number of carbonyl (C=O) groups excluding carboxylic acids is 1. The number of thiophene rings is 1. The molecule has 174 valence electrons. The molecule has 1 aromatic carbocycles. The van der Waals surface area contributed by atoms with Crippen LogP contribution < -0.4 is 5.32 Å². The summed E-state index contributed by atoms with van der Waals surface area (Å²) in [5.74, 6) is 0.324. The van der Waals surface area contributed by atoms with Crippen molar-refractivity contribution < 1.29 is 13.2 Å². The molecule has 0 spiro atoms. The summed E-state index contributed by atoms with van der Waals surface area (Å²) in [7, 11) is -3.48. The SMILES string of the molecule is O=C(CC1CCN(S(=O)(=O)c2ccc(Cl)s2)CC1)NC1CCN(Cc2ccccc2)CC1. The molecule has 9 heteroatoms. The van der Waals surface area contributed by atoms with Crippen LogP contribution in [0.25, 0.3) is 0 Å². The third-order valence-corrected chi connectivity index (χ3v) is 9.99. The maximum Gasteiger partial charge on any atom is 0.252 e. The van der Waals surface area contributed by atoms with Crippen molar-refractivity contribution in [3.8, 4) is 0 Å². The average molecular weight is 496 g/mol. The number of sulfonamides is 1. The Morgan fingerprint density at radius 3 is 2.31 bits per heavy atom. The molecule has 1 N–H and O–H groups in total. The fourth-order valence-corrected chi connectivity index (χ4v) is 7.65. The minimum atomic E-state index is -3.48. The van der Waals surface area contributed by atoms with E-state index in [-0.39, 0.29) is 22.1 Å². The van der Waals surface area contributed by atoms with Crippen molar-refractivity contribution in [2.45, 2.75) is 48.9 Å². The van der Waals surface area contributed by atoms with E-state index in [0.717, 1.165) is 43.8 Å². The largest absolute Gasteiger partial charge is 0.353 e. The number of likely N-dealkylation sites (tertiary alicyclic amines) is 1. The van der Waals surface area contributed by atoms with Gasteiger partial charge in [-0.3, -0.25) is 9.69 Å². The number of hydrogen-bond acceptors (Lipinski definition) is 5. The monoisotopic (exact) mass is 495 g/mol. The van der Waals surface area contributed by atoms with Crippen molar-refractivity contribution in [3.05, 3.63) is 52.4 Å². The Morgan fingerprint density at radius 1 is 1.00 bits per heavy atom. The summed E-state index contributed by atoms with van der Waals surface area (Å²) in [5.41, 5.74) is 1.32. The smallest absolute Gasteiger partial charge is 0.252 e. The Morgan fingerprint density at radius 2 is 1.69 bits per heavy atom. The van der Waals surface area contributed by atoms with Gasteiger partial charge in [0.05, 0.1) is 4.34 Å². The summed E-state index contributed by atoms with van der Waals surface area (Å²) >= 11 is 6.99. The Bertz CT molecular complexity index is 997. The minimum absolute atomic E-state index is 0.0952. The summed E-state index contributed by atoms with van der Waals surface area (Å²) in [6.07, 6.45) is 3.84. The van der Waals surface area contributed by atoms with Gasteiger partial charge >= 0.3 is 0 Å². The number of nitrogens with zero attached hydrogens (tertiary/aromatic N) is 2. The van der Waals surface area contributed by atoms with E-state index in [4.69, 9.17) is 11.6 Å². The first kappa shape index (κ1) is 23.7. The zero-order valence-electron chi connectivity index (χ0n) is 18.1. The topological polar surface area (TPSA) is 69.7 Å². The van der Waals surface area contributed by atoms with Crippen molar-refractivity contribution in [1.82, 2.24) is 14.5 Å². The molecular weight excluding hydrogens is 466 g/mol. The third-order valence-electron chi connectivity index (χ3n) is 6.39. The summed E-state index contributed by atoms with van der Waals surface area (Å²) in [5, 5.41) is 3.21. The van der Waals surface area contributed by atoms with Gasteiger partial charge in [0.2, 0.25) is 5.91 Å². The van der Waals surface area contributed by atoms with Crippen LogP contribution in [0.5, 0.6) is 0 Å². The quantitative estimate of drug-likeness (QED) is 0.631. The van der Waals surface area contributed by atoms with Gasteiger partial charge in [-0.2, -0.15) is 4.31 Å². The highest BCUT2D eigenvalue weighted by atomic mass is 35.5. The van der Waals surface area contributed by atoms with Crippen molar-refractivity contribution >= 4 is 38.9 Å². The lowest BCUT2D eigenvalue weighted by atomic mass is 9.94. The van der Waals surface area contributed by atoms with E-state index in [9.17, 15) is 13.2 Å². The van der Waals surface area contributed by atoms with E-state index in [2.05, 4.69) is 34.5 Å². The highest BCUT2D eigenvalue weighted by Gasteiger charge is 2.31. The number of benzene rings is 1. The summed E-state index contributed by atoms with van der Waals surface area (Å²) in [6.45, 7) is 3.84. The molecule has 2 aliphatic heterocycles. The van der Waals surface area contributed by atoms with Crippen molar-refractivity contribution in [1.29, 1.82) is 0 Å². The summed E-state index contributed by atoms with van der Waals surface area (Å²) in [6, 6.07) is 13.9. The van der Waals surface area contributed by atoms with Gasteiger partial charge in [0.1, 0.15) is 4.21 Å². The third kappa shape index (κ3) is 6.11. The lowest BCUT2D eigenvalue weighted by Gasteiger charge is -2.33. The standard InChI is InChI=1S/C23H30ClN3O3S2/c24-21-6-7-23(31-21)32(29,30)27-14-8-18(9-15-27)16-22(28)25-20-10-12-26(13-11-20)17-19-4-2-1-3-5-19/h1-7,18,20H,8-17H2,(H,25,28). The average Bonchev–Trinajstić information content (AvgIpc) is 3.23. The molecule has 0 aliphatic carbocycles. The Labute approximate surface area is 199 Å². The van der Waals surface area contributed by atoms with Gasteiger partial charge in [0, 0.05) is 45.2 Å². The number of rotatable bonds is 7. The van der Waals surface area contributed by atoms with Crippen molar-refractivity contribution in [2.24, 2.45) is 5.92 Å². The molecule has 6 nitrogen and oxygen atoms in total. The van der Waals surface area contributed by atoms with Crippen LogP contribution in [0.3, 0.4) is 0 Å². The number of nitrogens with one attached hydrogen (secondary N) is 1. The van der Waals surface area contributed by atoms with Crippen LogP contribution in [0, 0.1) is 5.92 Å². The fourth-order valence-electron chi connectivity index (χ4n) is 4.54. The Kier molecular flexibility index (Phi) is 7.89. The number of piperidine rings is 2. The molecule has 0 bridgehead atoms. The highest BCUT2D eigenvalue weighted by Crippen LogP contribution is 2.31. The molecular formula is C23H30ClN3O3S2. The van der Waals surface area contributed by atoms with Crippen LogP contribution >= 0.6 is 22.9 Å². The first-order valence-corrected chi connectivity index (χ1v) is 13.8. The van der Waals surface area contributed by atoms with Gasteiger partial charge in [0.25, 0.3) is 10.0 Å². The molecule has 2 aromatic rings. The maximum atomic E-state index is 12.7. The summed E-state index contributed by atoms with van der Waals surface area (Å²) < 4.78 is 27.7. The van der Waals surface area contributed by atoms with Crippen LogP contribution in [0.1, 0.15) is 37.7 Å². The molecule has 1 aromatic heterocycles. The highest BCUT2D eigenvalue weighted by molar-refractivity contribution is 7.91. The molecule has 0 radical (unpaired) electrons. The first-order valence-electron chi connectivity index (χ1n) is 11.2. The summed E-state index contributed by atoms with van der Waals surface area (Å²) in [4.78, 5) is 15.0. The number of halogens is 1. The van der Waals surface area contributed by atoms with Gasteiger partial charge in [-0.05, 0) is 49.3 Å². The molecule has 2 fully saturated rings. The molecule has 0 unspecified atom stereocenters. The van der Waals surface area contributed by atoms with E-state index in [1.807, 2.05) is 6.07 Å². The fraction of sp³-hybridized carbons (Fsp3) is 0.522. The lowest BCUT2D eigenvalue weighted by Crippen LogP contribution is -2.45. The molecule has 32 heavy (non-hydrogen) atoms. The first-order chi connectivity index (χ1) is 15.4. The van der Waals surface area contributed by atoms with E-state index >= 15 is 0 Å². The molecule has 4 rings (SSSR count). The van der Waals surface area contributed by atoms with Gasteiger partial charge in [-0.1, -0.05) is 41.9 Å². The maximum absolute atomic E-state index is 12.7. The molecule has 0 saturated carbocycles. The van der Waals surface area contributed by atoms with Crippen LogP contribution in [0.15, 0.2) is 46.7 Å². The lowest BCUT2D eigenvalue weighted by molar-refractivity contribution is -0.123. The second kappa shape index (κ2) is 10.7. The van der Waals surface area contributed by atoms with Crippen LogP contribution in [0.2, 0.25) is 4.34 Å². The van der Waals surface area contributed by atoms with Crippen LogP contribution in [0.4, 0.5) is 0 Å². The van der Waals surface area contributed by atoms with Crippen molar-refractivity contribution in [2.75, 3.05) is 26.2 Å². The predicted molar refractivity (Wildman–Crippen MR) is 128 cm³/mol. The van der Waals surface area contributed by atoms with E-state index < -0.39 is 10.0 Å². The number of amides is 1. The van der Waals surface area contributed by atoms with E-state index in [1.54, 1.807) is 12.1 Å².